The van der Waals surface area contributed by atoms with Gasteiger partial charge in [0.2, 0.25) is 0 Å². The van der Waals surface area contributed by atoms with Crippen LogP contribution in [-0.2, 0) is 0 Å². The van der Waals surface area contributed by atoms with Gasteiger partial charge in [0.25, 0.3) is 11.8 Å². The van der Waals surface area contributed by atoms with Crippen molar-refractivity contribution in [2.24, 2.45) is 23.2 Å². The fourth-order valence-corrected chi connectivity index (χ4v) is 6.54. The minimum absolute atomic E-state index is 0.0270. The molecule has 5 nitrogen and oxygen atoms in total. The molecule has 30 heavy (non-hydrogen) atoms. The van der Waals surface area contributed by atoms with Gasteiger partial charge in [-0.25, -0.2) is 0 Å². The Morgan fingerprint density at radius 2 is 1.57 bits per heavy atom. The third kappa shape index (κ3) is 3.62. The summed E-state index contributed by atoms with van der Waals surface area (Å²) in [7, 11) is 0. The van der Waals surface area contributed by atoms with Gasteiger partial charge >= 0.3 is 0 Å². The molecule has 6 rings (SSSR count). The fourth-order valence-electron chi connectivity index (χ4n) is 6.54. The number of nitrogens with zero attached hydrogens (tertiary/aromatic N) is 1. The van der Waals surface area contributed by atoms with Crippen LogP contribution in [0.25, 0.3) is 0 Å². The van der Waals surface area contributed by atoms with Gasteiger partial charge in [-0.05, 0) is 105 Å². The summed E-state index contributed by atoms with van der Waals surface area (Å²) in [6.45, 7) is 2.20. The van der Waals surface area contributed by atoms with Crippen molar-refractivity contribution < 1.29 is 9.59 Å². The van der Waals surface area contributed by atoms with Gasteiger partial charge in [0.1, 0.15) is 5.69 Å². The highest BCUT2D eigenvalue weighted by molar-refractivity contribution is 6.03. The van der Waals surface area contributed by atoms with Crippen molar-refractivity contribution in [3.63, 3.8) is 0 Å². The van der Waals surface area contributed by atoms with Crippen molar-refractivity contribution in [3.8, 4) is 0 Å². The van der Waals surface area contributed by atoms with Gasteiger partial charge < -0.3 is 10.6 Å². The summed E-state index contributed by atoms with van der Waals surface area (Å²) >= 11 is 0. The lowest BCUT2D eigenvalue weighted by Crippen LogP contribution is -2.55. The van der Waals surface area contributed by atoms with E-state index in [0.29, 0.717) is 22.4 Å². The molecule has 0 aliphatic heterocycles. The molecule has 4 fully saturated rings. The molecule has 0 saturated heterocycles. The molecule has 1 unspecified atom stereocenters. The van der Waals surface area contributed by atoms with Crippen molar-refractivity contribution in [3.05, 3.63) is 59.9 Å². The highest BCUT2D eigenvalue weighted by Crippen LogP contribution is 2.61. The van der Waals surface area contributed by atoms with E-state index in [1.807, 2.05) is 0 Å². The number of rotatable bonds is 5. The molecule has 156 valence electrons. The van der Waals surface area contributed by atoms with Crippen LogP contribution in [0.3, 0.4) is 0 Å². The molecule has 0 radical (unpaired) electrons. The second-order valence-electron chi connectivity index (χ2n) is 9.72. The van der Waals surface area contributed by atoms with Crippen molar-refractivity contribution in [1.29, 1.82) is 0 Å². The first-order valence-corrected chi connectivity index (χ1v) is 11.1. The summed E-state index contributed by atoms with van der Waals surface area (Å²) in [5.41, 5.74) is 1.93. The van der Waals surface area contributed by atoms with Gasteiger partial charge in [0.05, 0.1) is 0 Å². The molecule has 1 aromatic carbocycles. The summed E-state index contributed by atoms with van der Waals surface area (Å²) < 4.78 is 0. The van der Waals surface area contributed by atoms with Gasteiger partial charge in [-0.3, -0.25) is 14.6 Å². The monoisotopic (exact) mass is 403 g/mol. The zero-order chi connectivity index (χ0) is 20.7. The van der Waals surface area contributed by atoms with Crippen LogP contribution in [0.15, 0.2) is 48.7 Å². The number of nitrogens with one attached hydrogen (secondary N) is 2. The Morgan fingerprint density at radius 1 is 0.933 bits per heavy atom. The Balaban J connectivity index is 1.22. The van der Waals surface area contributed by atoms with E-state index in [-0.39, 0.29) is 17.9 Å². The smallest absolute Gasteiger partial charge is 0.274 e. The van der Waals surface area contributed by atoms with E-state index >= 15 is 0 Å². The molecule has 1 aromatic heterocycles. The van der Waals surface area contributed by atoms with Crippen LogP contribution in [0.1, 0.15) is 66.3 Å². The summed E-state index contributed by atoms with van der Waals surface area (Å²) in [6.07, 6.45) is 9.65. The summed E-state index contributed by atoms with van der Waals surface area (Å²) in [5, 5.41) is 6.12. The SMILES string of the molecule is CC(NC(=O)c1ccc(NC(=O)c2ccccn2)cc1)C12CC3CC(CC(C3)C1)C2. The Bertz CT molecular complexity index is 903. The summed E-state index contributed by atoms with van der Waals surface area (Å²) in [4.78, 5) is 29.2. The maximum Gasteiger partial charge on any atom is 0.274 e. The molecule has 4 aliphatic rings. The molecule has 4 aliphatic carbocycles. The first-order chi connectivity index (χ1) is 14.5. The third-order valence-corrected chi connectivity index (χ3v) is 7.65. The second-order valence-corrected chi connectivity index (χ2v) is 9.72. The predicted octanol–water partition coefficient (Wildman–Crippen LogP) is 4.67. The lowest BCUT2D eigenvalue weighted by atomic mass is 9.48. The molecule has 5 heteroatoms. The maximum atomic E-state index is 12.9. The largest absolute Gasteiger partial charge is 0.349 e. The van der Waals surface area contributed by atoms with Crippen molar-refractivity contribution in [2.45, 2.75) is 51.5 Å². The van der Waals surface area contributed by atoms with E-state index in [0.717, 1.165) is 17.8 Å². The number of anilines is 1. The lowest BCUT2D eigenvalue weighted by molar-refractivity contribution is -0.0688. The van der Waals surface area contributed by atoms with E-state index in [9.17, 15) is 9.59 Å². The Kier molecular flexibility index (Phi) is 4.84. The van der Waals surface area contributed by atoms with Gasteiger partial charge in [-0.1, -0.05) is 6.07 Å². The number of hydrogen-bond acceptors (Lipinski definition) is 3. The number of hydrogen-bond donors (Lipinski definition) is 2. The molecule has 2 N–H and O–H groups in total. The summed E-state index contributed by atoms with van der Waals surface area (Å²) in [6, 6.07) is 12.5. The number of carbonyl (C=O) groups excluding carboxylic acids is 2. The zero-order valence-electron chi connectivity index (χ0n) is 17.4. The highest BCUT2D eigenvalue weighted by Gasteiger charge is 2.53. The maximum absolute atomic E-state index is 12.9. The Labute approximate surface area is 177 Å². The average molecular weight is 404 g/mol. The van der Waals surface area contributed by atoms with E-state index in [4.69, 9.17) is 0 Å². The molecule has 1 atom stereocenters. The topological polar surface area (TPSA) is 71.1 Å². The van der Waals surface area contributed by atoms with Crippen LogP contribution >= 0.6 is 0 Å². The normalized spacial score (nSPS) is 30.0. The molecule has 4 saturated carbocycles. The standard InChI is InChI=1S/C25H29N3O2/c1-16(25-13-17-10-18(14-25)12-19(11-17)15-25)27-23(29)20-5-7-21(8-6-20)28-24(30)22-4-2-3-9-26-22/h2-9,16-19H,10-15H2,1H3,(H,27,29)(H,28,30). The van der Waals surface area contributed by atoms with Crippen molar-refractivity contribution in [2.75, 3.05) is 5.32 Å². The Morgan fingerprint density at radius 3 is 2.13 bits per heavy atom. The number of carbonyl (C=O) groups is 2. The molecule has 2 aromatic rings. The van der Waals surface area contributed by atoms with Gasteiger partial charge in [0.15, 0.2) is 0 Å². The Hall–Kier alpha value is -2.69. The number of benzene rings is 1. The van der Waals surface area contributed by atoms with Crippen LogP contribution in [-0.4, -0.2) is 22.8 Å². The predicted molar refractivity (Wildman–Crippen MR) is 116 cm³/mol. The molecule has 0 spiro atoms. The molecular weight excluding hydrogens is 374 g/mol. The van der Waals surface area contributed by atoms with Gasteiger partial charge in [-0.15, -0.1) is 0 Å². The molecule has 4 bridgehead atoms. The quantitative estimate of drug-likeness (QED) is 0.762. The average Bonchev–Trinajstić information content (AvgIpc) is 2.74. The molecular formula is C25H29N3O2. The number of aromatic nitrogens is 1. The van der Waals surface area contributed by atoms with E-state index in [1.165, 1.54) is 38.5 Å². The van der Waals surface area contributed by atoms with Crippen molar-refractivity contribution >= 4 is 17.5 Å². The number of pyridine rings is 1. The number of amides is 2. The van der Waals surface area contributed by atoms with Crippen LogP contribution in [0, 0.1) is 23.2 Å². The van der Waals surface area contributed by atoms with Crippen LogP contribution < -0.4 is 10.6 Å². The minimum atomic E-state index is -0.261. The van der Waals surface area contributed by atoms with Crippen LogP contribution in [0.2, 0.25) is 0 Å². The zero-order valence-corrected chi connectivity index (χ0v) is 17.4. The van der Waals surface area contributed by atoms with Gasteiger partial charge in [0, 0.05) is 23.5 Å². The highest BCUT2D eigenvalue weighted by atomic mass is 16.2. The fraction of sp³-hybridized carbons (Fsp3) is 0.480. The summed E-state index contributed by atoms with van der Waals surface area (Å²) in [5.74, 6) is 2.33. The first kappa shape index (κ1) is 19.3. The van der Waals surface area contributed by atoms with Crippen molar-refractivity contribution in [1.82, 2.24) is 10.3 Å². The van der Waals surface area contributed by atoms with Crippen LogP contribution in [0.4, 0.5) is 5.69 Å². The second kappa shape index (κ2) is 7.53. The van der Waals surface area contributed by atoms with E-state index in [2.05, 4.69) is 22.5 Å². The lowest BCUT2D eigenvalue weighted by Gasteiger charge is -2.59. The third-order valence-electron chi connectivity index (χ3n) is 7.65. The van der Waals surface area contributed by atoms with E-state index < -0.39 is 0 Å². The first-order valence-electron chi connectivity index (χ1n) is 11.1. The molecule has 1 heterocycles. The van der Waals surface area contributed by atoms with E-state index in [1.54, 1.807) is 48.7 Å². The van der Waals surface area contributed by atoms with Gasteiger partial charge in [-0.2, -0.15) is 0 Å². The molecule has 2 amide bonds. The minimum Gasteiger partial charge on any atom is -0.349 e. The van der Waals surface area contributed by atoms with Crippen LogP contribution in [0.5, 0.6) is 0 Å².